The van der Waals surface area contributed by atoms with Crippen LogP contribution in [0.3, 0.4) is 0 Å². The molecule has 1 aliphatic carbocycles. The minimum atomic E-state index is -0.211. The van der Waals surface area contributed by atoms with Gasteiger partial charge in [0.25, 0.3) is 5.95 Å². The Balaban J connectivity index is 1.75. The van der Waals surface area contributed by atoms with Gasteiger partial charge in [0, 0.05) is 6.54 Å². The summed E-state index contributed by atoms with van der Waals surface area (Å²) >= 11 is 0. The van der Waals surface area contributed by atoms with E-state index in [1.807, 2.05) is 6.92 Å². The van der Waals surface area contributed by atoms with Gasteiger partial charge in [0.1, 0.15) is 0 Å². The summed E-state index contributed by atoms with van der Waals surface area (Å²) in [6, 6.07) is -0.211. The third kappa shape index (κ3) is 1.68. The minimum Gasteiger partial charge on any atom is -0.371 e. The Hall–Kier alpha value is -1.14. The van der Waals surface area contributed by atoms with E-state index in [0.717, 1.165) is 32.5 Å². The molecule has 2 aliphatic rings. The number of hydrogen-bond acceptors (Lipinski definition) is 6. The highest BCUT2D eigenvalue weighted by atomic mass is 16.5. The van der Waals surface area contributed by atoms with E-state index in [1.165, 1.54) is 0 Å². The van der Waals surface area contributed by atoms with Gasteiger partial charge in [-0.15, -0.1) is 0 Å². The Bertz CT molecular complexity index is 386. The molecule has 1 spiro atoms. The normalized spacial score (nSPS) is 24.8. The van der Waals surface area contributed by atoms with Crippen LogP contribution in [-0.4, -0.2) is 35.4 Å². The molecule has 0 aromatic carbocycles. The maximum atomic E-state index is 5.73. The van der Waals surface area contributed by atoms with Crippen molar-refractivity contribution in [2.75, 3.05) is 24.6 Å². The topological polar surface area (TPSA) is 77.4 Å². The second-order valence-electron chi connectivity index (χ2n) is 4.67. The molecule has 1 aliphatic heterocycles. The van der Waals surface area contributed by atoms with Crippen molar-refractivity contribution in [1.82, 2.24) is 10.1 Å². The molecule has 1 aromatic rings. The van der Waals surface area contributed by atoms with Gasteiger partial charge < -0.3 is 19.9 Å². The van der Waals surface area contributed by atoms with E-state index in [9.17, 15) is 0 Å². The molecule has 0 unspecified atom stereocenters. The maximum Gasteiger partial charge on any atom is 0.266 e. The monoisotopic (exact) mass is 224 g/mol. The summed E-state index contributed by atoms with van der Waals surface area (Å²) in [5.74, 6) is 1.13. The predicted molar refractivity (Wildman–Crippen MR) is 57.0 cm³/mol. The van der Waals surface area contributed by atoms with Crippen LogP contribution in [0, 0.1) is 0 Å². The lowest BCUT2D eigenvalue weighted by atomic mass is 10.2. The van der Waals surface area contributed by atoms with Crippen LogP contribution in [0.2, 0.25) is 0 Å². The first-order chi connectivity index (χ1) is 7.69. The van der Waals surface area contributed by atoms with E-state index in [2.05, 4.69) is 15.0 Å². The second kappa shape index (κ2) is 3.43. The van der Waals surface area contributed by atoms with Crippen LogP contribution in [0.1, 0.15) is 31.7 Å². The van der Waals surface area contributed by atoms with Crippen LogP contribution >= 0.6 is 0 Å². The lowest BCUT2D eigenvalue weighted by Crippen LogP contribution is -2.44. The van der Waals surface area contributed by atoms with Crippen molar-refractivity contribution in [3.05, 3.63) is 5.89 Å². The fourth-order valence-corrected chi connectivity index (χ4v) is 2.00. The van der Waals surface area contributed by atoms with Crippen molar-refractivity contribution >= 4 is 5.95 Å². The van der Waals surface area contributed by atoms with Crippen molar-refractivity contribution in [2.45, 2.75) is 31.4 Å². The van der Waals surface area contributed by atoms with Gasteiger partial charge in [0.2, 0.25) is 5.89 Å². The summed E-state index contributed by atoms with van der Waals surface area (Å²) in [6.45, 7) is 4.26. The number of hydrogen-bond donors (Lipinski definition) is 1. The molecule has 1 saturated heterocycles. The molecule has 1 aromatic heterocycles. The molecular formula is C10H16N4O2. The molecule has 6 heteroatoms. The van der Waals surface area contributed by atoms with Crippen LogP contribution < -0.4 is 10.6 Å². The largest absolute Gasteiger partial charge is 0.371 e. The number of aromatic nitrogens is 2. The Morgan fingerprint density at radius 3 is 2.94 bits per heavy atom. The van der Waals surface area contributed by atoms with E-state index >= 15 is 0 Å². The first-order valence-electron chi connectivity index (χ1n) is 5.67. The van der Waals surface area contributed by atoms with Gasteiger partial charge in [-0.3, -0.25) is 0 Å². The third-order valence-electron chi connectivity index (χ3n) is 3.16. The number of rotatable bonds is 2. The zero-order valence-corrected chi connectivity index (χ0v) is 9.35. The molecule has 0 radical (unpaired) electrons. The van der Waals surface area contributed by atoms with E-state index in [4.69, 9.17) is 15.0 Å². The Labute approximate surface area is 93.7 Å². The van der Waals surface area contributed by atoms with E-state index in [1.54, 1.807) is 0 Å². The van der Waals surface area contributed by atoms with Gasteiger partial charge in [-0.25, -0.2) is 0 Å². The summed E-state index contributed by atoms with van der Waals surface area (Å²) in [7, 11) is 0. The van der Waals surface area contributed by atoms with Gasteiger partial charge in [-0.1, -0.05) is 0 Å². The second-order valence-corrected chi connectivity index (χ2v) is 4.67. The number of nitrogens with zero attached hydrogens (tertiary/aromatic N) is 3. The number of anilines is 1. The Morgan fingerprint density at radius 2 is 2.31 bits per heavy atom. The maximum absolute atomic E-state index is 5.73. The summed E-state index contributed by atoms with van der Waals surface area (Å²) in [5, 5.41) is 3.96. The molecule has 0 amide bonds. The highest BCUT2D eigenvalue weighted by Gasteiger charge is 2.48. The highest BCUT2D eigenvalue weighted by Crippen LogP contribution is 2.42. The summed E-state index contributed by atoms with van der Waals surface area (Å²) in [5.41, 5.74) is 5.76. The smallest absolute Gasteiger partial charge is 0.266 e. The lowest BCUT2D eigenvalue weighted by Gasteiger charge is -2.31. The molecular weight excluding hydrogens is 208 g/mol. The van der Waals surface area contributed by atoms with Crippen LogP contribution in [0.5, 0.6) is 0 Å². The summed E-state index contributed by atoms with van der Waals surface area (Å²) in [6.07, 6.45) is 2.28. The molecule has 2 N–H and O–H groups in total. The molecule has 3 rings (SSSR count). The van der Waals surface area contributed by atoms with Gasteiger partial charge in [-0.2, -0.15) is 4.98 Å². The standard InChI is InChI=1S/C10H16N4O2/c1-7(11)8-12-9(13-16-8)14-4-5-15-10(6-14)2-3-10/h7H,2-6,11H2,1H3/t7-/m0/s1. The molecule has 6 nitrogen and oxygen atoms in total. The van der Waals surface area contributed by atoms with Gasteiger partial charge in [0.05, 0.1) is 24.8 Å². The average molecular weight is 224 g/mol. The fourth-order valence-electron chi connectivity index (χ4n) is 2.00. The van der Waals surface area contributed by atoms with Crippen LogP contribution in [0.4, 0.5) is 5.95 Å². The average Bonchev–Trinajstić information content (AvgIpc) is 2.85. The van der Waals surface area contributed by atoms with Crippen molar-refractivity contribution in [3.8, 4) is 0 Å². The van der Waals surface area contributed by atoms with Crippen molar-refractivity contribution in [1.29, 1.82) is 0 Å². The van der Waals surface area contributed by atoms with Gasteiger partial charge in [0.15, 0.2) is 0 Å². The lowest BCUT2D eigenvalue weighted by molar-refractivity contribution is 0.0200. The Morgan fingerprint density at radius 1 is 1.50 bits per heavy atom. The van der Waals surface area contributed by atoms with Crippen molar-refractivity contribution in [2.24, 2.45) is 5.73 Å². The van der Waals surface area contributed by atoms with Crippen LogP contribution in [0.15, 0.2) is 4.52 Å². The summed E-state index contributed by atoms with van der Waals surface area (Å²) < 4.78 is 10.8. The number of ether oxygens (including phenoxy) is 1. The van der Waals surface area contributed by atoms with E-state index < -0.39 is 0 Å². The quantitative estimate of drug-likeness (QED) is 0.786. The fraction of sp³-hybridized carbons (Fsp3) is 0.800. The van der Waals surface area contributed by atoms with Gasteiger partial charge in [-0.05, 0) is 24.9 Å². The number of morpholine rings is 1. The molecule has 1 atom stereocenters. The molecule has 1 saturated carbocycles. The molecule has 88 valence electrons. The van der Waals surface area contributed by atoms with Crippen molar-refractivity contribution in [3.63, 3.8) is 0 Å². The molecule has 0 bridgehead atoms. The molecule has 16 heavy (non-hydrogen) atoms. The Kier molecular flexibility index (Phi) is 2.15. The zero-order chi connectivity index (χ0) is 11.2. The van der Waals surface area contributed by atoms with Crippen molar-refractivity contribution < 1.29 is 9.26 Å². The summed E-state index contributed by atoms with van der Waals surface area (Å²) in [4.78, 5) is 6.41. The first-order valence-corrected chi connectivity index (χ1v) is 5.67. The third-order valence-corrected chi connectivity index (χ3v) is 3.16. The zero-order valence-electron chi connectivity index (χ0n) is 9.35. The SMILES string of the molecule is C[C@H](N)c1nc(N2CCOC3(CC3)C2)no1. The molecule has 2 heterocycles. The van der Waals surface area contributed by atoms with E-state index in [-0.39, 0.29) is 11.6 Å². The van der Waals surface area contributed by atoms with Gasteiger partial charge >= 0.3 is 0 Å². The van der Waals surface area contributed by atoms with Crippen LogP contribution in [0.25, 0.3) is 0 Å². The molecule has 2 fully saturated rings. The highest BCUT2D eigenvalue weighted by molar-refractivity contribution is 5.31. The predicted octanol–water partition coefficient (Wildman–Crippen LogP) is 0.458. The number of nitrogens with two attached hydrogens (primary N) is 1. The first kappa shape index (κ1) is 10.0. The minimum absolute atomic E-state index is 0.0768. The van der Waals surface area contributed by atoms with Crippen LogP contribution in [-0.2, 0) is 4.74 Å². The van der Waals surface area contributed by atoms with E-state index in [0.29, 0.717) is 11.8 Å².